The molecule has 0 N–H and O–H groups in total. The van der Waals surface area contributed by atoms with Crippen LogP contribution in [0.15, 0.2) is 71.8 Å². The number of hydrazone groups is 1. The molecule has 1 atom stereocenters. The van der Waals surface area contributed by atoms with Gasteiger partial charge < -0.3 is 18.9 Å². The van der Waals surface area contributed by atoms with Crippen LogP contribution in [0.1, 0.15) is 42.0 Å². The minimum atomic E-state index is -0.502. The molecule has 0 amide bonds. The van der Waals surface area contributed by atoms with Crippen LogP contribution in [0.25, 0.3) is 0 Å². The zero-order valence-corrected chi connectivity index (χ0v) is 20.4. The van der Waals surface area contributed by atoms with E-state index >= 15 is 0 Å². The van der Waals surface area contributed by atoms with E-state index in [9.17, 15) is 0 Å². The number of piperidine rings is 1. The number of methoxy groups -OCH3 is 1. The molecule has 36 heavy (non-hydrogen) atoms. The molecule has 4 aliphatic rings. The number of ether oxygens (including phenoxy) is 4. The summed E-state index contributed by atoms with van der Waals surface area (Å²) in [6, 6.07) is 23.0. The predicted octanol–water partition coefficient (Wildman–Crippen LogP) is 4.96. The molecule has 3 aromatic rings. The third-order valence-corrected chi connectivity index (χ3v) is 7.80. The Bertz CT molecular complexity index is 1320. The average Bonchev–Trinajstić information content (AvgIpc) is 3.58. The van der Waals surface area contributed by atoms with Gasteiger partial charge in [-0.25, -0.2) is 5.01 Å². The SMILES string of the molecule is COc1cccc2c1OC1(CCN(Cc3ccccc3)CC1)N1N=C(c3ccc4c(c3)OCO4)CC21. The Hall–Kier alpha value is -3.71. The lowest BCUT2D eigenvalue weighted by molar-refractivity contribution is -0.151. The largest absolute Gasteiger partial charge is 0.493 e. The lowest BCUT2D eigenvalue weighted by Crippen LogP contribution is -2.59. The zero-order chi connectivity index (χ0) is 24.1. The van der Waals surface area contributed by atoms with Gasteiger partial charge in [0.15, 0.2) is 23.0 Å². The van der Waals surface area contributed by atoms with E-state index in [2.05, 4.69) is 52.4 Å². The van der Waals surface area contributed by atoms with Gasteiger partial charge >= 0.3 is 0 Å². The minimum absolute atomic E-state index is 0.102. The first-order valence-electron chi connectivity index (χ1n) is 12.6. The number of hydrogen-bond acceptors (Lipinski definition) is 7. The Balaban J connectivity index is 1.22. The molecule has 1 saturated heterocycles. The molecule has 1 spiro atoms. The molecule has 7 heteroatoms. The van der Waals surface area contributed by atoms with Crippen molar-refractivity contribution >= 4 is 5.71 Å². The third-order valence-electron chi connectivity index (χ3n) is 7.80. The van der Waals surface area contributed by atoms with Gasteiger partial charge in [-0.3, -0.25) is 4.90 Å². The molecule has 4 heterocycles. The van der Waals surface area contributed by atoms with Crippen LogP contribution >= 0.6 is 0 Å². The summed E-state index contributed by atoms with van der Waals surface area (Å²) in [5, 5.41) is 7.46. The van der Waals surface area contributed by atoms with Crippen LogP contribution in [0.4, 0.5) is 0 Å². The monoisotopic (exact) mass is 483 g/mol. The van der Waals surface area contributed by atoms with E-state index in [0.29, 0.717) is 0 Å². The average molecular weight is 484 g/mol. The maximum atomic E-state index is 6.88. The molecular formula is C29H29N3O4. The van der Waals surface area contributed by atoms with Crippen molar-refractivity contribution in [2.75, 3.05) is 27.0 Å². The molecule has 0 bridgehead atoms. The smallest absolute Gasteiger partial charge is 0.231 e. The van der Waals surface area contributed by atoms with Gasteiger partial charge in [0, 0.05) is 50.0 Å². The molecule has 4 aliphatic heterocycles. The van der Waals surface area contributed by atoms with Crippen LogP contribution in [0, 0.1) is 0 Å². The maximum absolute atomic E-state index is 6.88. The fraction of sp³-hybridized carbons (Fsp3) is 0.345. The second kappa shape index (κ2) is 8.45. The second-order valence-corrected chi connectivity index (χ2v) is 9.87. The standard InChI is InChI=1S/C29H29N3O4/c1-33-26-9-5-8-22-24-17-23(21-10-11-25-27(16-21)35-19-34-25)30-32(24)29(36-28(22)26)12-14-31(15-13-29)18-20-6-3-2-4-7-20/h2-11,16,24H,12-15,17-19H2,1H3. The van der Waals surface area contributed by atoms with Gasteiger partial charge in [0.1, 0.15) is 0 Å². The van der Waals surface area contributed by atoms with Crippen molar-refractivity contribution in [1.29, 1.82) is 0 Å². The van der Waals surface area contributed by atoms with Gasteiger partial charge in [0.05, 0.1) is 18.9 Å². The van der Waals surface area contributed by atoms with E-state index < -0.39 is 5.72 Å². The van der Waals surface area contributed by atoms with Crippen LogP contribution in [0.3, 0.4) is 0 Å². The number of para-hydroxylation sites is 1. The van der Waals surface area contributed by atoms with Crippen molar-refractivity contribution < 1.29 is 18.9 Å². The van der Waals surface area contributed by atoms with E-state index in [4.69, 9.17) is 24.0 Å². The highest BCUT2D eigenvalue weighted by Gasteiger charge is 2.52. The zero-order valence-electron chi connectivity index (χ0n) is 20.4. The van der Waals surface area contributed by atoms with Gasteiger partial charge in [0.25, 0.3) is 0 Å². The molecule has 3 aromatic carbocycles. The summed E-state index contributed by atoms with van der Waals surface area (Å²) in [5.41, 5.74) is 4.08. The van der Waals surface area contributed by atoms with Crippen molar-refractivity contribution in [2.45, 2.75) is 37.6 Å². The molecule has 0 saturated carbocycles. The lowest BCUT2D eigenvalue weighted by atomic mass is 9.90. The quantitative estimate of drug-likeness (QED) is 0.523. The van der Waals surface area contributed by atoms with Crippen molar-refractivity contribution in [3.63, 3.8) is 0 Å². The number of hydrogen-bond donors (Lipinski definition) is 0. The van der Waals surface area contributed by atoms with Crippen LogP contribution < -0.4 is 18.9 Å². The molecule has 1 unspecified atom stereocenters. The fourth-order valence-corrected chi connectivity index (χ4v) is 5.91. The summed E-state index contributed by atoms with van der Waals surface area (Å²) in [5.74, 6) is 3.22. The fourth-order valence-electron chi connectivity index (χ4n) is 5.91. The van der Waals surface area contributed by atoms with E-state index in [1.54, 1.807) is 7.11 Å². The molecule has 0 aromatic heterocycles. The second-order valence-electron chi connectivity index (χ2n) is 9.87. The molecule has 0 aliphatic carbocycles. The summed E-state index contributed by atoms with van der Waals surface area (Å²) in [7, 11) is 1.71. The van der Waals surface area contributed by atoms with E-state index in [0.717, 1.165) is 78.7 Å². The highest BCUT2D eigenvalue weighted by molar-refractivity contribution is 6.02. The van der Waals surface area contributed by atoms with Gasteiger partial charge in [0.2, 0.25) is 12.5 Å². The Morgan fingerprint density at radius 3 is 2.64 bits per heavy atom. The van der Waals surface area contributed by atoms with Crippen LogP contribution in [0.5, 0.6) is 23.0 Å². The maximum Gasteiger partial charge on any atom is 0.231 e. The normalized spacial score (nSPS) is 21.5. The van der Waals surface area contributed by atoms with Gasteiger partial charge in [-0.1, -0.05) is 42.5 Å². The summed E-state index contributed by atoms with van der Waals surface area (Å²) in [6.45, 7) is 3.10. The molecule has 0 radical (unpaired) electrons. The van der Waals surface area contributed by atoms with E-state index in [1.165, 1.54) is 5.56 Å². The summed E-state index contributed by atoms with van der Waals surface area (Å²) in [4.78, 5) is 2.51. The third kappa shape index (κ3) is 3.49. The topological polar surface area (TPSA) is 55.8 Å². The van der Waals surface area contributed by atoms with Crippen molar-refractivity contribution in [3.05, 3.63) is 83.4 Å². The molecule has 184 valence electrons. The Kier molecular flexibility index (Phi) is 5.06. The summed E-state index contributed by atoms with van der Waals surface area (Å²) < 4.78 is 23.8. The molecule has 7 nitrogen and oxygen atoms in total. The highest BCUT2D eigenvalue weighted by atomic mass is 16.7. The van der Waals surface area contributed by atoms with Crippen LogP contribution in [-0.4, -0.2) is 48.3 Å². The first-order valence-corrected chi connectivity index (χ1v) is 12.6. The Morgan fingerprint density at radius 2 is 1.81 bits per heavy atom. The molecule has 1 fully saturated rings. The Morgan fingerprint density at radius 1 is 0.972 bits per heavy atom. The van der Waals surface area contributed by atoms with Crippen LogP contribution in [-0.2, 0) is 6.54 Å². The van der Waals surface area contributed by atoms with Crippen molar-refractivity contribution in [2.24, 2.45) is 5.10 Å². The highest BCUT2D eigenvalue weighted by Crippen LogP contribution is 2.53. The van der Waals surface area contributed by atoms with Crippen LogP contribution in [0.2, 0.25) is 0 Å². The van der Waals surface area contributed by atoms with Gasteiger partial charge in [-0.2, -0.15) is 5.10 Å². The number of likely N-dealkylation sites (tertiary alicyclic amines) is 1. The minimum Gasteiger partial charge on any atom is -0.493 e. The predicted molar refractivity (Wildman–Crippen MR) is 136 cm³/mol. The number of fused-ring (bicyclic) bond motifs is 5. The summed E-state index contributed by atoms with van der Waals surface area (Å²) in [6.07, 6.45) is 2.54. The van der Waals surface area contributed by atoms with Gasteiger partial charge in [-0.15, -0.1) is 0 Å². The molecular weight excluding hydrogens is 454 g/mol. The Labute approximate surface area is 210 Å². The summed E-state index contributed by atoms with van der Waals surface area (Å²) >= 11 is 0. The first kappa shape index (κ1) is 21.6. The number of rotatable bonds is 4. The number of nitrogens with zero attached hydrogens (tertiary/aromatic N) is 3. The van der Waals surface area contributed by atoms with E-state index in [1.807, 2.05) is 24.3 Å². The first-order chi connectivity index (χ1) is 17.7. The molecule has 7 rings (SSSR count). The van der Waals surface area contributed by atoms with Gasteiger partial charge in [-0.05, 0) is 29.8 Å². The number of benzene rings is 3. The van der Waals surface area contributed by atoms with E-state index in [-0.39, 0.29) is 12.8 Å². The van der Waals surface area contributed by atoms with Crippen molar-refractivity contribution in [3.8, 4) is 23.0 Å². The van der Waals surface area contributed by atoms with Crippen molar-refractivity contribution in [1.82, 2.24) is 9.91 Å². The lowest BCUT2D eigenvalue weighted by Gasteiger charge is -2.51.